The van der Waals surface area contributed by atoms with E-state index in [2.05, 4.69) is 36.5 Å². The number of rotatable bonds is 5. The van der Waals surface area contributed by atoms with E-state index in [9.17, 15) is 9.59 Å². The number of carbonyl (C=O) groups excluding carboxylic acids is 2. The van der Waals surface area contributed by atoms with Crippen LogP contribution in [0.3, 0.4) is 0 Å². The van der Waals surface area contributed by atoms with Crippen molar-refractivity contribution in [3.8, 4) is 11.1 Å². The maximum absolute atomic E-state index is 12.3. The van der Waals surface area contributed by atoms with Gasteiger partial charge < -0.3 is 5.32 Å². The standard InChI is InChI=1S/C23H21NO2/c1-3-17-4-6-19(7-5-17)20-12-14-22(15-13-20)24-23(26)21-10-8-18(9-11-21)16(2)25/h4-15H,3H2,1-2H3,(H,24,26). The molecule has 0 saturated carbocycles. The van der Waals surface area contributed by atoms with Crippen LogP contribution in [0, 0.1) is 0 Å². The third-order valence-electron chi connectivity index (χ3n) is 4.39. The maximum Gasteiger partial charge on any atom is 0.255 e. The second-order valence-corrected chi connectivity index (χ2v) is 6.22. The summed E-state index contributed by atoms with van der Waals surface area (Å²) in [6, 6.07) is 22.9. The van der Waals surface area contributed by atoms with Crippen LogP contribution in [0.1, 0.15) is 40.1 Å². The first kappa shape index (κ1) is 17.6. The zero-order valence-corrected chi connectivity index (χ0v) is 15.0. The third kappa shape index (κ3) is 4.06. The molecule has 0 bridgehead atoms. The van der Waals surface area contributed by atoms with Crippen molar-refractivity contribution in [1.82, 2.24) is 0 Å². The zero-order chi connectivity index (χ0) is 18.5. The molecule has 3 nitrogen and oxygen atoms in total. The Bertz CT molecular complexity index is 908. The normalized spacial score (nSPS) is 10.4. The van der Waals surface area contributed by atoms with Crippen LogP contribution in [0.2, 0.25) is 0 Å². The molecule has 3 rings (SSSR count). The fraction of sp³-hybridized carbons (Fsp3) is 0.130. The van der Waals surface area contributed by atoms with Gasteiger partial charge in [0.25, 0.3) is 5.91 Å². The van der Waals surface area contributed by atoms with Crippen LogP contribution in [0.15, 0.2) is 72.8 Å². The Morgan fingerprint density at radius 1 is 0.731 bits per heavy atom. The van der Waals surface area contributed by atoms with Gasteiger partial charge in [-0.25, -0.2) is 0 Å². The molecule has 3 aromatic rings. The van der Waals surface area contributed by atoms with Gasteiger partial charge >= 0.3 is 0 Å². The summed E-state index contributed by atoms with van der Waals surface area (Å²) in [5, 5.41) is 2.88. The van der Waals surface area contributed by atoms with Crippen LogP contribution in [-0.2, 0) is 6.42 Å². The van der Waals surface area contributed by atoms with Gasteiger partial charge in [0.1, 0.15) is 0 Å². The Balaban J connectivity index is 1.70. The second-order valence-electron chi connectivity index (χ2n) is 6.22. The molecule has 0 atom stereocenters. The fourth-order valence-electron chi connectivity index (χ4n) is 2.74. The van der Waals surface area contributed by atoms with Crippen molar-refractivity contribution in [2.24, 2.45) is 0 Å². The van der Waals surface area contributed by atoms with Crippen molar-refractivity contribution >= 4 is 17.4 Å². The largest absolute Gasteiger partial charge is 0.322 e. The van der Waals surface area contributed by atoms with E-state index in [1.807, 2.05) is 24.3 Å². The minimum atomic E-state index is -0.194. The van der Waals surface area contributed by atoms with E-state index < -0.39 is 0 Å². The molecule has 0 aliphatic carbocycles. The van der Waals surface area contributed by atoms with E-state index in [4.69, 9.17) is 0 Å². The van der Waals surface area contributed by atoms with Crippen molar-refractivity contribution in [2.45, 2.75) is 20.3 Å². The van der Waals surface area contributed by atoms with Crippen molar-refractivity contribution < 1.29 is 9.59 Å². The van der Waals surface area contributed by atoms with Gasteiger partial charge in [-0.1, -0.05) is 55.5 Å². The van der Waals surface area contributed by atoms with Gasteiger partial charge in [0.15, 0.2) is 5.78 Å². The molecule has 130 valence electrons. The number of amides is 1. The number of aryl methyl sites for hydroxylation is 1. The van der Waals surface area contributed by atoms with Gasteiger partial charge in [0.2, 0.25) is 0 Å². The summed E-state index contributed by atoms with van der Waals surface area (Å²) in [5.41, 5.74) is 5.43. The minimum absolute atomic E-state index is 0.0143. The number of hydrogen-bond acceptors (Lipinski definition) is 2. The molecule has 1 amide bonds. The molecule has 0 radical (unpaired) electrons. The zero-order valence-electron chi connectivity index (χ0n) is 15.0. The first-order valence-corrected chi connectivity index (χ1v) is 8.68. The summed E-state index contributed by atoms with van der Waals surface area (Å²) in [7, 11) is 0. The molecule has 0 heterocycles. The predicted molar refractivity (Wildman–Crippen MR) is 106 cm³/mol. The number of nitrogens with one attached hydrogen (secondary N) is 1. The van der Waals surface area contributed by atoms with E-state index in [-0.39, 0.29) is 11.7 Å². The SMILES string of the molecule is CCc1ccc(-c2ccc(NC(=O)c3ccc(C(C)=O)cc3)cc2)cc1. The van der Waals surface area contributed by atoms with Crippen LogP contribution in [0.4, 0.5) is 5.69 Å². The van der Waals surface area contributed by atoms with Gasteiger partial charge in [-0.3, -0.25) is 9.59 Å². The lowest BCUT2D eigenvalue weighted by Crippen LogP contribution is -2.11. The second kappa shape index (κ2) is 7.79. The van der Waals surface area contributed by atoms with E-state index in [1.54, 1.807) is 24.3 Å². The molecule has 0 fully saturated rings. The average Bonchev–Trinajstić information content (AvgIpc) is 2.68. The van der Waals surface area contributed by atoms with E-state index in [0.717, 1.165) is 23.2 Å². The predicted octanol–water partition coefficient (Wildman–Crippen LogP) is 5.37. The molecule has 3 aromatic carbocycles. The molecule has 0 saturated heterocycles. The lowest BCUT2D eigenvalue weighted by atomic mass is 10.0. The molecule has 0 aliphatic heterocycles. The molecular weight excluding hydrogens is 322 g/mol. The Morgan fingerprint density at radius 3 is 1.73 bits per heavy atom. The van der Waals surface area contributed by atoms with Gasteiger partial charge in [-0.05, 0) is 54.3 Å². The van der Waals surface area contributed by atoms with Crippen molar-refractivity contribution in [3.63, 3.8) is 0 Å². The summed E-state index contributed by atoms with van der Waals surface area (Å²) >= 11 is 0. The number of Topliss-reactive ketones (excluding diaryl/α,β-unsaturated/α-hetero) is 1. The number of carbonyl (C=O) groups is 2. The summed E-state index contributed by atoms with van der Waals surface area (Å²) in [6.45, 7) is 3.65. The van der Waals surface area contributed by atoms with Crippen LogP contribution >= 0.6 is 0 Å². The number of benzene rings is 3. The first-order valence-electron chi connectivity index (χ1n) is 8.68. The quantitative estimate of drug-likeness (QED) is 0.633. The summed E-state index contributed by atoms with van der Waals surface area (Å²) < 4.78 is 0. The highest BCUT2D eigenvalue weighted by molar-refractivity contribution is 6.05. The minimum Gasteiger partial charge on any atom is -0.322 e. The highest BCUT2D eigenvalue weighted by Crippen LogP contribution is 2.22. The first-order chi connectivity index (χ1) is 12.6. The number of ketones is 1. The van der Waals surface area contributed by atoms with Crippen LogP contribution in [-0.4, -0.2) is 11.7 Å². The highest BCUT2D eigenvalue weighted by atomic mass is 16.1. The van der Waals surface area contributed by atoms with Gasteiger partial charge in [-0.15, -0.1) is 0 Å². The highest BCUT2D eigenvalue weighted by Gasteiger charge is 2.07. The molecule has 0 aromatic heterocycles. The summed E-state index contributed by atoms with van der Waals surface area (Å²) in [6.07, 6.45) is 1.03. The van der Waals surface area contributed by atoms with Crippen LogP contribution < -0.4 is 5.32 Å². The van der Waals surface area contributed by atoms with Gasteiger partial charge in [0.05, 0.1) is 0 Å². The molecule has 26 heavy (non-hydrogen) atoms. The topological polar surface area (TPSA) is 46.2 Å². The lowest BCUT2D eigenvalue weighted by molar-refractivity contribution is 0.101. The Morgan fingerprint density at radius 2 is 1.23 bits per heavy atom. The number of hydrogen-bond donors (Lipinski definition) is 1. The molecule has 0 unspecified atom stereocenters. The average molecular weight is 343 g/mol. The summed E-state index contributed by atoms with van der Waals surface area (Å²) in [5.74, 6) is -0.209. The summed E-state index contributed by atoms with van der Waals surface area (Å²) in [4.78, 5) is 23.6. The van der Waals surface area contributed by atoms with Gasteiger partial charge in [-0.2, -0.15) is 0 Å². The fourth-order valence-corrected chi connectivity index (χ4v) is 2.74. The molecular formula is C23H21NO2. The molecule has 1 N–H and O–H groups in total. The van der Waals surface area contributed by atoms with Crippen LogP contribution in [0.5, 0.6) is 0 Å². The van der Waals surface area contributed by atoms with Crippen molar-refractivity contribution in [1.29, 1.82) is 0 Å². The van der Waals surface area contributed by atoms with E-state index in [0.29, 0.717) is 11.1 Å². The van der Waals surface area contributed by atoms with Crippen molar-refractivity contribution in [3.05, 3.63) is 89.5 Å². The molecule has 0 spiro atoms. The van der Waals surface area contributed by atoms with E-state index >= 15 is 0 Å². The Hall–Kier alpha value is -3.20. The monoisotopic (exact) mass is 343 g/mol. The van der Waals surface area contributed by atoms with E-state index in [1.165, 1.54) is 12.5 Å². The molecule has 3 heteroatoms. The maximum atomic E-state index is 12.3. The van der Waals surface area contributed by atoms with Crippen molar-refractivity contribution in [2.75, 3.05) is 5.32 Å². The smallest absolute Gasteiger partial charge is 0.255 e. The Labute approximate surface area is 153 Å². The van der Waals surface area contributed by atoms with Crippen LogP contribution in [0.25, 0.3) is 11.1 Å². The number of anilines is 1. The third-order valence-corrected chi connectivity index (χ3v) is 4.39. The Kier molecular flexibility index (Phi) is 5.28. The van der Waals surface area contributed by atoms with Gasteiger partial charge in [0, 0.05) is 16.8 Å². The lowest BCUT2D eigenvalue weighted by Gasteiger charge is -2.08. The molecule has 0 aliphatic rings.